The molecule has 2 rings (SSSR count). The number of anilines is 2. The second kappa shape index (κ2) is 5.38. The summed E-state index contributed by atoms with van der Waals surface area (Å²) in [6.45, 7) is 1.43. The van der Waals surface area contributed by atoms with Crippen molar-refractivity contribution in [2.75, 3.05) is 43.1 Å². The van der Waals surface area contributed by atoms with Crippen LogP contribution in [0, 0.1) is 0 Å². The zero-order chi connectivity index (χ0) is 13.0. The Morgan fingerprint density at radius 2 is 2.00 bits per heavy atom. The Morgan fingerprint density at radius 1 is 1.28 bits per heavy atom. The molecule has 8 heteroatoms. The van der Waals surface area contributed by atoms with Crippen LogP contribution in [-0.4, -0.2) is 49.0 Å². The highest BCUT2D eigenvalue weighted by molar-refractivity contribution is 5.48. The molecular weight excluding hydrogens is 249 g/mol. The Morgan fingerprint density at radius 3 is 2.67 bits per heavy atom. The predicted molar refractivity (Wildman–Crippen MR) is 59.6 cm³/mol. The molecule has 1 aromatic rings. The maximum atomic E-state index is 12.1. The number of hydrogen-bond acceptors (Lipinski definition) is 5. The molecule has 100 valence electrons. The molecule has 1 saturated heterocycles. The third kappa shape index (κ3) is 3.73. The van der Waals surface area contributed by atoms with Crippen molar-refractivity contribution < 1.29 is 17.9 Å². The van der Waals surface area contributed by atoms with Gasteiger partial charge in [-0.05, 0) is 0 Å². The topological polar surface area (TPSA) is 50.3 Å². The smallest absolute Gasteiger partial charge is 0.378 e. The molecule has 0 aliphatic carbocycles. The van der Waals surface area contributed by atoms with Crippen molar-refractivity contribution in [1.29, 1.82) is 0 Å². The summed E-state index contributed by atoms with van der Waals surface area (Å²) in [5.41, 5.74) is 0. The summed E-state index contributed by atoms with van der Waals surface area (Å²) in [6.07, 6.45) is -3.01. The fraction of sp³-hybridized carbons (Fsp3) is 0.600. The first kappa shape index (κ1) is 12.9. The predicted octanol–water partition coefficient (Wildman–Crippen LogP) is 1.29. The van der Waals surface area contributed by atoms with Crippen molar-refractivity contribution >= 4 is 11.6 Å². The number of aromatic nitrogens is 2. The lowest BCUT2D eigenvalue weighted by Crippen LogP contribution is -2.36. The van der Waals surface area contributed by atoms with Crippen molar-refractivity contribution in [1.82, 2.24) is 9.97 Å². The monoisotopic (exact) mass is 262 g/mol. The first-order valence-electron chi connectivity index (χ1n) is 5.50. The minimum atomic E-state index is -4.26. The van der Waals surface area contributed by atoms with Gasteiger partial charge in [0.1, 0.15) is 24.5 Å². The number of alkyl halides is 3. The van der Waals surface area contributed by atoms with Gasteiger partial charge < -0.3 is 15.0 Å². The number of ether oxygens (including phenoxy) is 1. The van der Waals surface area contributed by atoms with Crippen molar-refractivity contribution in [3.05, 3.63) is 12.4 Å². The van der Waals surface area contributed by atoms with Gasteiger partial charge in [0.2, 0.25) is 0 Å². The van der Waals surface area contributed by atoms with Gasteiger partial charge in [-0.3, -0.25) is 0 Å². The molecule has 0 bridgehead atoms. The largest absolute Gasteiger partial charge is 0.405 e. The summed E-state index contributed by atoms with van der Waals surface area (Å²) < 4.78 is 41.4. The summed E-state index contributed by atoms with van der Waals surface area (Å²) in [4.78, 5) is 9.75. The molecule has 1 aliphatic heterocycles. The molecule has 0 unspecified atom stereocenters. The third-order valence-electron chi connectivity index (χ3n) is 2.46. The molecule has 0 saturated carbocycles. The second-order valence-electron chi connectivity index (χ2n) is 3.83. The van der Waals surface area contributed by atoms with Gasteiger partial charge in [-0.25, -0.2) is 9.97 Å². The van der Waals surface area contributed by atoms with Gasteiger partial charge in [0, 0.05) is 19.2 Å². The van der Waals surface area contributed by atoms with Gasteiger partial charge in [0.15, 0.2) is 0 Å². The molecule has 1 aromatic heterocycles. The molecule has 1 aliphatic rings. The van der Waals surface area contributed by atoms with Crippen LogP contribution in [0.2, 0.25) is 0 Å². The van der Waals surface area contributed by atoms with E-state index >= 15 is 0 Å². The minimum absolute atomic E-state index is 0.170. The Balaban J connectivity index is 2.00. The third-order valence-corrected chi connectivity index (χ3v) is 2.46. The van der Waals surface area contributed by atoms with Gasteiger partial charge in [0.25, 0.3) is 0 Å². The van der Waals surface area contributed by atoms with Crippen LogP contribution >= 0.6 is 0 Å². The number of halogens is 3. The first-order chi connectivity index (χ1) is 8.54. The van der Waals surface area contributed by atoms with Crippen molar-refractivity contribution in [3.63, 3.8) is 0 Å². The number of nitrogens with zero attached hydrogens (tertiary/aromatic N) is 3. The molecule has 0 aromatic carbocycles. The number of nitrogens with one attached hydrogen (secondary N) is 1. The summed E-state index contributed by atoms with van der Waals surface area (Å²) >= 11 is 0. The van der Waals surface area contributed by atoms with E-state index in [0.29, 0.717) is 32.1 Å². The van der Waals surface area contributed by atoms with E-state index in [1.807, 2.05) is 4.90 Å². The van der Waals surface area contributed by atoms with E-state index in [0.717, 1.165) is 0 Å². The van der Waals surface area contributed by atoms with E-state index in [1.54, 1.807) is 0 Å². The summed E-state index contributed by atoms with van der Waals surface area (Å²) in [5, 5.41) is 2.23. The van der Waals surface area contributed by atoms with Crippen LogP contribution in [0.5, 0.6) is 0 Å². The first-order valence-corrected chi connectivity index (χ1v) is 5.50. The second-order valence-corrected chi connectivity index (χ2v) is 3.83. The van der Waals surface area contributed by atoms with E-state index in [1.165, 1.54) is 12.4 Å². The standard InChI is InChI=1S/C10H13F3N4O/c11-10(12,13)6-14-8-5-9(16-7-15-8)17-1-3-18-4-2-17/h5,7H,1-4,6H2,(H,14,15,16). The molecule has 0 amide bonds. The van der Waals surface area contributed by atoms with Crippen LogP contribution in [-0.2, 0) is 4.74 Å². The van der Waals surface area contributed by atoms with E-state index in [4.69, 9.17) is 4.74 Å². The zero-order valence-electron chi connectivity index (χ0n) is 9.57. The van der Waals surface area contributed by atoms with Gasteiger partial charge in [0.05, 0.1) is 13.2 Å². The lowest BCUT2D eigenvalue weighted by atomic mass is 10.4. The van der Waals surface area contributed by atoms with E-state index in [-0.39, 0.29) is 5.82 Å². The molecule has 2 heterocycles. The van der Waals surface area contributed by atoms with Crippen LogP contribution in [0.25, 0.3) is 0 Å². The molecular formula is C10H13F3N4O. The van der Waals surface area contributed by atoms with E-state index in [2.05, 4.69) is 15.3 Å². The Hall–Kier alpha value is -1.57. The van der Waals surface area contributed by atoms with Gasteiger partial charge in [-0.15, -0.1) is 0 Å². The summed E-state index contributed by atoms with van der Waals surface area (Å²) in [6, 6.07) is 1.51. The average molecular weight is 262 g/mol. The van der Waals surface area contributed by atoms with Crippen molar-refractivity contribution in [3.8, 4) is 0 Å². The SMILES string of the molecule is FC(F)(F)CNc1cc(N2CCOCC2)ncn1. The maximum absolute atomic E-state index is 12.1. The molecule has 5 nitrogen and oxygen atoms in total. The van der Waals surface area contributed by atoms with E-state index < -0.39 is 12.7 Å². The van der Waals surface area contributed by atoms with Crippen LogP contribution in [0.1, 0.15) is 0 Å². The summed E-state index contributed by atoms with van der Waals surface area (Å²) in [5.74, 6) is 0.779. The normalized spacial score (nSPS) is 16.7. The Labute approximate surface area is 102 Å². The molecule has 0 radical (unpaired) electrons. The Kier molecular flexibility index (Phi) is 3.85. The fourth-order valence-electron chi connectivity index (χ4n) is 1.60. The van der Waals surface area contributed by atoms with Crippen LogP contribution in [0.4, 0.5) is 24.8 Å². The van der Waals surface area contributed by atoms with Crippen LogP contribution in [0.15, 0.2) is 12.4 Å². The highest BCUT2D eigenvalue weighted by Gasteiger charge is 2.26. The highest BCUT2D eigenvalue weighted by Crippen LogP contribution is 2.18. The fourth-order valence-corrected chi connectivity index (χ4v) is 1.60. The number of morpholine rings is 1. The lowest BCUT2D eigenvalue weighted by Gasteiger charge is -2.27. The number of hydrogen-bond donors (Lipinski definition) is 1. The Bertz CT molecular complexity index is 393. The van der Waals surface area contributed by atoms with Crippen LogP contribution in [0.3, 0.4) is 0 Å². The lowest BCUT2D eigenvalue weighted by molar-refractivity contribution is -0.115. The summed E-state index contributed by atoms with van der Waals surface area (Å²) in [7, 11) is 0. The molecule has 0 spiro atoms. The van der Waals surface area contributed by atoms with Crippen LogP contribution < -0.4 is 10.2 Å². The molecule has 1 N–H and O–H groups in total. The molecule has 0 atom stereocenters. The maximum Gasteiger partial charge on any atom is 0.405 e. The highest BCUT2D eigenvalue weighted by atomic mass is 19.4. The molecule has 18 heavy (non-hydrogen) atoms. The molecule has 1 fully saturated rings. The quantitative estimate of drug-likeness (QED) is 0.889. The zero-order valence-corrected chi connectivity index (χ0v) is 9.57. The minimum Gasteiger partial charge on any atom is -0.378 e. The van der Waals surface area contributed by atoms with Gasteiger partial charge >= 0.3 is 6.18 Å². The van der Waals surface area contributed by atoms with Crippen molar-refractivity contribution in [2.45, 2.75) is 6.18 Å². The number of rotatable bonds is 3. The van der Waals surface area contributed by atoms with Crippen molar-refractivity contribution in [2.24, 2.45) is 0 Å². The average Bonchev–Trinajstić information content (AvgIpc) is 2.37. The van der Waals surface area contributed by atoms with Gasteiger partial charge in [-0.2, -0.15) is 13.2 Å². The van der Waals surface area contributed by atoms with Gasteiger partial charge in [-0.1, -0.05) is 0 Å². The van der Waals surface area contributed by atoms with E-state index in [9.17, 15) is 13.2 Å².